The molecular weight excluding hydrogens is 128 g/mol. The van der Waals surface area contributed by atoms with E-state index in [-0.39, 0.29) is 0 Å². The molecule has 4 nitrogen and oxygen atoms in total. The van der Waals surface area contributed by atoms with Crippen molar-refractivity contribution in [2.45, 2.75) is 6.42 Å². The van der Waals surface area contributed by atoms with Gasteiger partial charge in [0.2, 0.25) is 0 Å². The summed E-state index contributed by atoms with van der Waals surface area (Å²) >= 11 is 0. The van der Waals surface area contributed by atoms with E-state index in [0.717, 1.165) is 17.1 Å². The van der Waals surface area contributed by atoms with Crippen LogP contribution in [0.25, 0.3) is 0 Å². The van der Waals surface area contributed by atoms with Gasteiger partial charge in [-0.25, -0.2) is 0 Å². The summed E-state index contributed by atoms with van der Waals surface area (Å²) in [6.45, 7) is 0. The van der Waals surface area contributed by atoms with E-state index in [1.54, 1.807) is 12.4 Å². The minimum absolute atomic E-state index is 0.679. The van der Waals surface area contributed by atoms with Crippen LogP contribution < -0.4 is 5.73 Å². The van der Waals surface area contributed by atoms with Crippen molar-refractivity contribution in [2.75, 3.05) is 0 Å². The summed E-state index contributed by atoms with van der Waals surface area (Å²) in [4.78, 5) is 4.02. The van der Waals surface area contributed by atoms with E-state index in [2.05, 4.69) is 15.2 Å². The highest BCUT2D eigenvalue weighted by Crippen LogP contribution is 2.08. The molecule has 2 heterocycles. The Hall–Kier alpha value is -1.45. The molecule has 0 spiro atoms. The van der Waals surface area contributed by atoms with E-state index in [1.807, 2.05) is 0 Å². The standard InChI is InChI=1S/C6H6N4/c7-4-1-5-6(8-2-4)3-9-10-5/h2-3H,1,7H2. The molecule has 50 valence electrons. The lowest BCUT2D eigenvalue weighted by Gasteiger charge is -2.04. The Morgan fingerprint density at radius 2 is 2.40 bits per heavy atom. The van der Waals surface area contributed by atoms with Crippen molar-refractivity contribution in [2.24, 2.45) is 20.9 Å². The molecule has 0 bridgehead atoms. The first-order valence-corrected chi connectivity index (χ1v) is 2.99. The summed E-state index contributed by atoms with van der Waals surface area (Å²) in [6, 6.07) is 0. The monoisotopic (exact) mass is 134 g/mol. The first-order valence-electron chi connectivity index (χ1n) is 2.99. The summed E-state index contributed by atoms with van der Waals surface area (Å²) in [6.07, 6.45) is 3.96. The average molecular weight is 134 g/mol. The predicted molar refractivity (Wildman–Crippen MR) is 40.2 cm³/mol. The molecule has 0 aromatic rings. The van der Waals surface area contributed by atoms with Crippen LogP contribution in [0.4, 0.5) is 0 Å². The predicted octanol–water partition coefficient (Wildman–Crippen LogP) is 0.0716. The maximum Gasteiger partial charge on any atom is 0.107 e. The van der Waals surface area contributed by atoms with Gasteiger partial charge in [-0.05, 0) is 0 Å². The summed E-state index contributed by atoms with van der Waals surface area (Å²) in [5.41, 5.74) is 7.97. The number of nitrogens with zero attached hydrogens (tertiary/aromatic N) is 3. The summed E-state index contributed by atoms with van der Waals surface area (Å²) in [7, 11) is 0. The fourth-order valence-electron chi connectivity index (χ4n) is 0.904. The number of hydrogen-bond acceptors (Lipinski definition) is 4. The van der Waals surface area contributed by atoms with Crippen LogP contribution in [0, 0.1) is 0 Å². The third kappa shape index (κ3) is 0.655. The van der Waals surface area contributed by atoms with E-state index in [1.165, 1.54) is 0 Å². The lowest BCUT2D eigenvalue weighted by atomic mass is 10.1. The molecule has 0 fully saturated rings. The van der Waals surface area contributed by atoms with Gasteiger partial charge in [-0.2, -0.15) is 10.2 Å². The molecule has 0 atom stereocenters. The van der Waals surface area contributed by atoms with Gasteiger partial charge in [0.15, 0.2) is 0 Å². The Bertz CT molecular complexity index is 282. The van der Waals surface area contributed by atoms with E-state index in [9.17, 15) is 0 Å². The van der Waals surface area contributed by atoms with Crippen molar-refractivity contribution >= 4 is 17.6 Å². The highest BCUT2D eigenvalue weighted by atomic mass is 15.2. The van der Waals surface area contributed by atoms with E-state index >= 15 is 0 Å². The second kappa shape index (κ2) is 1.76. The van der Waals surface area contributed by atoms with Crippen LogP contribution in [0.3, 0.4) is 0 Å². The minimum Gasteiger partial charge on any atom is -0.400 e. The zero-order valence-corrected chi connectivity index (χ0v) is 5.28. The highest BCUT2D eigenvalue weighted by Gasteiger charge is 2.15. The molecular formula is C6H6N4. The maximum absolute atomic E-state index is 5.51. The molecule has 4 heteroatoms. The first kappa shape index (κ1) is 5.34. The lowest BCUT2D eigenvalue weighted by Crippen LogP contribution is -2.18. The molecule has 0 saturated heterocycles. The molecule has 0 radical (unpaired) electrons. The Morgan fingerprint density at radius 1 is 1.50 bits per heavy atom. The molecule has 2 aliphatic heterocycles. The third-order valence-corrected chi connectivity index (χ3v) is 1.40. The zero-order valence-electron chi connectivity index (χ0n) is 5.28. The fraction of sp³-hybridized carbons (Fsp3) is 0.167. The Morgan fingerprint density at radius 3 is 3.30 bits per heavy atom. The quantitative estimate of drug-likeness (QED) is 0.500. The second-order valence-corrected chi connectivity index (χ2v) is 2.19. The highest BCUT2D eigenvalue weighted by molar-refractivity contribution is 6.64. The minimum atomic E-state index is 0.679. The molecule has 0 saturated carbocycles. The van der Waals surface area contributed by atoms with Crippen LogP contribution in [-0.4, -0.2) is 17.6 Å². The SMILES string of the molecule is NC1=CN=C2C=NN=C2C1. The van der Waals surface area contributed by atoms with Crippen LogP contribution >= 0.6 is 0 Å². The Labute approximate surface area is 57.9 Å². The van der Waals surface area contributed by atoms with E-state index < -0.39 is 0 Å². The smallest absolute Gasteiger partial charge is 0.107 e. The second-order valence-electron chi connectivity index (χ2n) is 2.19. The van der Waals surface area contributed by atoms with Gasteiger partial charge in [0.25, 0.3) is 0 Å². The molecule has 0 amide bonds. The largest absolute Gasteiger partial charge is 0.400 e. The molecule has 0 aromatic heterocycles. The van der Waals surface area contributed by atoms with Crippen LogP contribution in [0.2, 0.25) is 0 Å². The first-order chi connectivity index (χ1) is 4.86. The Balaban J connectivity index is 2.42. The zero-order chi connectivity index (χ0) is 6.97. The summed E-state index contributed by atoms with van der Waals surface area (Å²) in [5, 5.41) is 7.55. The van der Waals surface area contributed by atoms with Crippen molar-refractivity contribution in [1.82, 2.24) is 0 Å². The van der Waals surface area contributed by atoms with Gasteiger partial charge >= 0.3 is 0 Å². The molecule has 0 unspecified atom stereocenters. The van der Waals surface area contributed by atoms with Gasteiger partial charge in [0.1, 0.15) is 5.71 Å². The van der Waals surface area contributed by atoms with Crippen molar-refractivity contribution in [1.29, 1.82) is 0 Å². The van der Waals surface area contributed by atoms with Crippen molar-refractivity contribution in [3.05, 3.63) is 11.9 Å². The lowest BCUT2D eigenvalue weighted by molar-refractivity contribution is 1.15. The van der Waals surface area contributed by atoms with E-state index in [0.29, 0.717) is 6.42 Å². The number of hydrogen-bond donors (Lipinski definition) is 1. The summed E-state index contributed by atoms with van der Waals surface area (Å²) in [5.74, 6) is 0. The molecule has 2 aliphatic rings. The number of allylic oxidation sites excluding steroid dienone is 1. The molecule has 0 aliphatic carbocycles. The van der Waals surface area contributed by atoms with Crippen LogP contribution in [0.15, 0.2) is 27.1 Å². The van der Waals surface area contributed by atoms with E-state index in [4.69, 9.17) is 5.73 Å². The van der Waals surface area contributed by atoms with Crippen LogP contribution in [0.5, 0.6) is 0 Å². The maximum atomic E-state index is 5.51. The van der Waals surface area contributed by atoms with Gasteiger partial charge in [0, 0.05) is 18.3 Å². The van der Waals surface area contributed by atoms with Crippen molar-refractivity contribution < 1.29 is 0 Å². The number of fused-ring (bicyclic) bond motifs is 1. The van der Waals surface area contributed by atoms with Gasteiger partial charge in [-0.15, -0.1) is 0 Å². The normalized spacial score (nSPS) is 21.4. The number of rotatable bonds is 0. The van der Waals surface area contributed by atoms with Crippen molar-refractivity contribution in [3.8, 4) is 0 Å². The van der Waals surface area contributed by atoms with Crippen LogP contribution in [-0.2, 0) is 0 Å². The third-order valence-electron chi connectivity index (χ3n) is 1.40. The molecule has 2 rings (SSSR count). The summed E-state index contributed by atoms with van der Waals surface area (Å²) < 4.78 is 0. The molecule has 2 N–H and O–H groups in total. The number of aliphatic imine (C=N–C) groups is 1. The Kier molecular flexibility index (Phi) is 0.943. The van der Waals surface area contributed by atoms with Gasteiger partial charge in [-0.3, -0.25) is 4.99 Å². The molecule has 0 aromatic carbocycles. The van der Waals surface area contributed by atoms with Gasteiger partial charge in [0.05, 0.1) is 11.9 Å². The molecule has 10 heavy (non-hydrogen) atoms. The van der Waals surface area contributed by atoms with Gasteiger partial charge < -0.3 is 5.73 Å². The van der Waals surface area contributed by atoms with Crippen LogP contribution in [0.1, 0.15) is 6.42 Å². The van der Waals surface area contributed by atoms with Crippen molar-refractivity contribution in [3.63, 3.8) is 0 Å². The topological polar surface area (TPSA) is 63.1 Å². The fourth-order valence-corrected chi connectivity index (χ4v) is 0.904. The average Bonchev–Trinajstić information content (AvgIpc) is 2.33. The number of nitrogens with two attached hydrogens (primary N) is 1. The van der Waals surface area contributed by atoms with Gasteiger partial charge in [-0.1, -0.05) is 0 Å².